The molecule has 0 aliphatic heterocycles. The number of Topliss-reactive ketones (excluding diaryl/α,β-unsaturated/α-hetero) is 1. The maximum atomic E-state index is 12.1. The molecule has 5 heteroatoms. The lowest BCUT2D eigenvalue weighted by atomic mass is 10.1. The highest BCUT2D eigenvalue weighted by molar-refractivity contribution is 6.00. The van der Waals surface area contributed by atoms with Gasteiger partial charge in [-0.2, -0.15) is 0 Å². The molecule has 0 unspecified atom stereocenters. The number of ether oxygens (including phenoxy) is 1. The van der Waals surface area contributed by atoms with Crippen LogP contribution in [0, 0.1) is 27.7 Å². The van der Waals surface area contributed by atoms with Gasteiger partial charge in [0.15, 0.2) is 6.61 Å². The van der Waals surface area contributed by atoms with E-state index in [4.69, 9.17) is 9.15 Å². The van der Waals surface area contributed by atoms with Crippen LogP contribution in [0.25, 0.3) is 0 Å². The topological polar surface area (TPSA) is 61.4 Å². The summed E-state index contributed by atoms with van der Waals surface area (Å²) in [6, 6.07) is 3.42. The number of hydrogen-bond acceptors (Lipinski definition) is 4. The molecule has 0 N–H and O–H groups in total. The zero-order chi connectivity index (χ0) is 15.7. The van der Waals surface area contributed by atoms with Crippen LogP contribution >= 0.6 is 0 Å². The summed E-state index contributed by atoms with van der Waals surface area (Å²) in [7, 11) is 1.89. The first kappa shape index (κ1) is 15.1. The Kier molecular flexibility index (Phi) is 4.02. The van der Waals surface area contributed by atoms with Crippen molar-refractivity contribution < 1.29 is 18.7 Å². The van der Waals surface area contributed by atoms with E-state index < -0.39 is 5.97 Å². The third kappa shape index (κ3) is 2.91. The number of aryl methyl sites for hydroxylation is 3. The van der Waals surface area contributed by atoms with E-state index in [1.165, 1.54) is 0 Å². The minimum atomic E-state index is -0.539. The molecule has 0 saturated heterocycles. The normalized spacial score (nSPS) is 10.7. The van der Waals surface area contributed by atoms with Gasteiger partial charge in [-0.25, -0.2) is 4.79 Å². The number of ketones is 1. The van der Waals surface area contributed by atoms with Gasteiger partial charge < -0.3 is 13.7 Å². The van der Waals surface area contributed by atoms with E-state index in [9.17, 15) is 9.59 Å². The first-order chi connectivity index (χ1) is 9.81. The molecule has 112 valence electrons. The van der Waals surface area contributed by atoms with Gasteiger partial charge in [0.1, 0.15) is 17.1 Å². The van der Waals surface area contributed by atoms with Gasteiger partial charge in [-0.1, -0.05) is 0 Å². The predicted octanol–water partition coefficient (Wildman–Crippen LogP) is 2.89. The standard InChI is InChI=1S/C16H19NO4/c1-9-6-13(11(3)17(9)5)15(18)8-20-16(19)14-7-10(2)21-12(14)4/h6-7H,8H2,1-5H3. The highest BCUT2D eigenvalue weighted by Crippen LogP contribution is 2.16. The molecule has 0 amide bonds. The van der Waals surface area contributed by atoms with Crippen LogP contribution < -0.4 is 0 Å². The van der Waals surface area contributed by atoms with E-state index in [2.05, 4.69) is 0 Å². The highest BCUT2D eigenvalue weighted by atomic mass is 16.5. The summed E-state index contributed by atoms with van der Waals surface area (Å²) in [5, 5.41) is 0. The van der Waals surface area contributed by atoms with Crippen molar-refractivity contribution in [3.63, 3.8) is 0 Å². The molecule has 0 fully saturated rings. The fourth-order valence-corrected chi connectivity index (χ4v) is 2.26. The van der Waals surface area contributed by atoms with Crippen LogP contribution in [0.4, 0.5) is 0 Å². The number of esters is 1. The molecule has 2 heterocycles. The van der Waals surface area contributed by atoms with Crippen LogP contribution in [0.15, 0.2) is 16.5 Å². The second kappa shape index (κ2) is 5.60. The van der Waals surface area contributed by atoms with Gasteiger partial charge in [0.2, 0.25) is 5.78 Å². The van der Waals surface area contributed by atoms with E-state index in [1.807, 2.05) is 25.5 Å². The number of carbonyl (C=O) groups excluding carboxylic acids is 2. The number of hydrogen-bond donors (Lipinski definition) is 0. The molecule has 2 aromatic rings. The van der Waals surface area contributed by atoms with Crippen LogP contribution in [0.1, 0.15) is 43.6 Å². The summed E-state index contributed by atoms with van der Waals surface area (Å²) in [5.74, 6) is 0.391. The van der Waals surface area contributed by atoms with Gasteiger partial charge in [-0.05, 0) is 39.8 Å². The van der Waals surface area contributed by atoms with Crippen molar-refractivity contribution in [1.29, 1.82) is 0 Å². The molecule has 5 nitrogen and oxygen atoms in total. The summed E-state index contributed by atoms with van der Waals surface area (Å²) in [6.45, 7) is 6.97. The van der Waals surface area contributed by atoms with Crippen molar-refractivity contribution in [3.05, 3.63) is 46.2 Å². The van der Waals surface area contributed by atoms with Crippen LogP contribution in [0.2, 0.25) is 0 Å². The van der Waals surface area contributed by atoms with E-state index >= 15 is 0 Å². The summed E-state index contributed by atoms with van der Waals surface area (Å²) >= 11 is 0. The Labute approximate surface area is 123 Å². The summed E-state index contributed by atoms with van der Waals surface area (Å²) in [6.07, 6.45) is 0. The van der Waals surface area contributed by atoms with E-state index in [0.29, 0.717) is 22.6 Å². The lowest BCUT2D eigenvalue weighted by Gasteiger charge is -2.04. The number of furan rings is 1. The Morgan fingerprint density at radius 3 is 2.29 bits per heavy atom. The Balaban J connectivity index is 2.06. The molecule has 0 aromatic carbocycles. The SMILES string of the molecule is Cc1cc(C(=O)OCC(=O)c2cc(C)n(C)c2C)c(C)o1. The number of rotatable bonds is 4. The Hall–Kier alpha value is -2.30. The Bertz CT molecular complexity index is 706. The predicted molar refractivity (Wildman–Crippen MR) is 77.7 cm³/mol. The molecule has 0 saturated carbocycles. The second-order valence-electron chi connectivity index (χ2n) is 5.17. The molecule has 21 heavy (non-hydrogen) atoms. The molecule has 0 radical (unpaired) electrons. The summed E-state index contributed by atoms with van der Waals surface area (Å²) < 4.78 is 12.3. The molecule has 0 bridgehead atoms. The van der Waals surface area contributed by atoms with Crippen molar-refractivity contribution in [2.75, 3.05) is 6.61 Å². The van der Waals surface area contributed by atoms with Gasteiger partial charge in [0, 0.05) is 24.0 Å². The van der Waals surface area contributed by atoms with Crippen LogP contribution in [0.3, 0.4) is 0 Å². The van der Waals surface area contributed by atoms with E-state index in [1.54, 1.807) is 26.0 Å². The smallest absolute Gasteiger partial charge is 0.342 e. The van der Waals surface area contributed by atoms with Crippen LogP contribution in [-0.4, -0.2) is 22.9 Å². The Morgan fingerprint density at radius 1 is 1.14 bits per heavy atom. The molecule has 2 rings (SSSR count). The second-order valence-corrected chi connectivity index (χ2v) is 5.17. The van der Waals surface area contributed by atoms with Crippen molar-refractivity contribution in [2.24, 2.45) is 7.05 Å². The van der Waals surface area contributed by atoms with Gasteiger partial charge in [-0.15, -0.1) is 0 Å². The van der Waals surface area contributed by atoms with E-state index in [-0.39, 0.29) is 12.4 Å². The number of nitrogens with zero attached hydrogens (tertiary/aromatic N) is 1. The van der Waals surface area contributed by atoms with Crippen molar-refractivity contribution in [1.82, 2.24) is 4.57 Å². The molecule has 0 aliphatic carbocycles. The summed E-state index contributed by atoms with van der Waals surface area (Å²) in [5.41, 5.74) is 2.80. The van der Waals surface area contributed by atoms with Gasteiger partial charge in [0.25, 0.3) is 0 Å². The van der Waals surface area contributed by atoms with Crippen molar-refractivity contribution >= 4 is 11.8 Å². The van der Waals surface area contributed by atoms with Gasteiger partial charge in [0.05, 0.1) is 0 Å². The maximum absolute atomic E-state index is 12.1. The van der Waals surface area contributed by atoms with Gasteiger partial charge >= 0.3 is 5.97 Å². The third-order valence-corrected chi connectivity index (χ3v) is 3.67. The summed E-state index contributed by atoms with van der Waals surface area (Å²) in [4.78, 5) is 24.1. The lowest BCUT2D eigenvalue weighted by molar-refractivity contribution is 0.0472. The van der Waals surface area contributed by atoms with Crippen LogP contribution in [-0.2, 0) is 11.8 Å². The average molecular weight is 289 g/mol. The van der Waals surface area contributed by atoms with Crippen LogP contribution in [0.5, 0.6) is 0 Å². The minimum absolute atomic E-state index is 0.206. The first-order valence-electron chi connectivity index (χ1n) is 6.71. The number of carbonyl (C=O) groups is 2. The fraction of sp³-hybridized carbons (Fsp3) is 0.375. The molecule has 2 aromatic heterocycles. The largest absolute Gasteiger partial charge is 0.466 e. The molecule has 0 atom stereocenters. The third-order valence-electron chi connectivity index (χ3n) is 3.67. The van der Waals surface area contributed by atoms with Gasteiger partial charge in [-0.3, -0.25) is 4.79 Å². The zero-order valence-electron chi connectivity index (χ0n) is 12.9. The average Bonchev–Trinajstić information content (AvgIpc) is 2.90. The monoisotopic (exact) mass is 289 g/mol. The fourth-order valence-electron chi connectivity index (χ4n) is 2.26. The first-order valence-corrected chi connectivity index (χ1v) is 6.71. The van der Waals surface area contributed by atoms with Crippen molar-refractivity contribution in [3.8, 4) is 0 Å². The maximum Gasteiger partial charge on any atom is 0.342 e. The zero-order valence-corrected chi connectivity index (χ0v) is 12.9. The Morgan fingerprint density at radius 2 is 1.81 bits per heavy atom. The molecular weight excluding hydrogens is 270 g/mol. The minimum Gasteiger partial charge on any atom is -0.466 e. The molecular formula is C16H19NO4. The number of aromatic nitrogens is 1. The quantitative estimate of drug-likeness (QED) is 0.641. The molecule has 0 aliphatic rings. The van der Waals surface area contributed by atoms with E-state index in [0.717, 1.165) is 11.4 Å². The lowest BCUT2D eigenvalue weighted by Crippen LogP contribution is -2.15. The molecule has 0 spiro atoms. The highest BCUT2D eigenvalue weighted by Gasteiger charge is 2.19. The van der Waals surface area contributed by atoms with Crippen molar-refractivity contribution in [2.45, 2.75) is 27.7 Å².